The van der Waals surface area contributed by atoms with Gasteiger partial charge in [0.15, 0.2) is 0 Å². The van der Waals surface area contributed by atoms with Crippen LogP contribution >= 0.6 is 0 Å². The molecule has 0 saturated carbocycles. The maximum Gasteiger partial charge on any atom is 0.326 e. The fourth-order valence-corrected chi connectivity index (χ4v) is 6.45. The summed E-state index contributed by atoms with van der Waals surface area (Å²) in [7, 11) is 0. The molecule has 0 bridgehead atoms. The third kappa shape index (κ3) is 5.52. The van der Waals surface area contributed by atoms with Crippen molar-refractivity contribution in [2.75, 3.05) is 11.9 Å². The van der Waals surface area contributed by atoms with Gasteiger partial charge < -0.3 is 19.7 Å². The number of hydrogen-bond acceptors (Lipinski definition) is 5. The first-order valence-corrected chi connectivity index (χ1v) is 15.6. The quantitative estimate of drug-likeness (QED) is 0.154. The van der Waals surface area contributed by atoms with E-state index in [0.717, 1.165) is 67.1 Å². The number of carboxylic acids is 1. The minimum absolute atomic E-state index is 0.311. The van der Waals surface area contributed by atoms with E-state index in [1.165, 1.54) is 6.33 Å². The number of nitrogens with one attached hydrogen (secondary N) is 1. The Morgan fingerprint density at radius 1 is 0.826 bits per heavy atom. The monoisotopic (exact) mass is 606 g/mol. The van der Waals surface area contributed by atoms with Crippen molar-refractivity contribution in [3.05, 3.63) is 133 Å². The van der Waals surface area contributed by atoms with Gasteiger partial charge in [-0.2, -0.15) is 0 Å². The smallest absolute Gasteiger partial charge is 0.326 e. The number of rotatable bonds is 11. The maximum atomic E-state index is 12.5. The molecule has 0 radical (unpaired) electrons. The number of ether oxygens (including phenoxy) is 1. The van der Waals surface area contributed by atoms with Crippen LogP contribution in [-0.4, -0.2) is 38.3 Å². The van der Waals surface area contributed by atoms with Crippen LogP contribution in [0.1, 0.15) is 18.2 Å². The summed E-state index contributed by atoms with van der Waals surface area (Å²) < 4.78 is 8.60. The maximum absolute atomic E-state index is 12.5. The van der Waals surface area contributed by atoms with Gasteiger partial charge in [-0.3, -0.25) is 0 Å². The average Bonchev–Trinajstić information content (AvgIpc) is 3.42. The van der Waals surface area contributed by atoms with Crippen LogP contribution in [0.5, 0.6) is 5.75 Å². The van der Waals surface area contributed by atoms with E-state index in [-0.39, 0.29) is 0 Å². The fraction of sp³-hybridized carbons (Fsp3) is 0.154. The van der Waals surface area contributed by atoms with Crippen molar-refractivity contribution in [2.24, 2.45) is 0 Å². The molecule has 228 valence electrons. The lowest BCUT2D eigenvalue weighted by molar-refractivity contribution is -0.137. The molecule has 2 aromatic heterocycles. The lowest BCUT2D eigenvalue weighted by Crippen LogP contribution is -2.32. The predicted molar refractivity (Wildman–Crippen MR) is 184 cm³/mol. The summed E-state index contributed by atoms with van der Waals surface area (Å²) in [6.07, 6.45) is 2.56. The third-order valence-electron chi connectivity index (χ3n) is 8.55. The second kappa shape index (κ2) is 12.7. The van der Waals surface area contributed by atoms with Crippen LogP contribution in [0.15, 0.2) is 122 Å². The number of hydrogen-bond donors (Lipinski definition) is 2. The second-order valence-electron chi connectivity index (χ2n) is 11.3. The number of nitrogens with zero attached hydrogens (tertiary/aromatic N) is 3. The first-order valence-electron chi connectivity index (χ1n) is 15.6. The van der Waals surface area contributed by atoms with Gasteiger partial charge in [-0.1, -0.05) is 116 Å². The highest BCUT2D eigenvalue weighted by Crippen LogP contribution is 2.41. The molecule has 0 aliphatic heterocycles. The third-order valence-corrected chi connectivity index (χ3v) is 8.55. The molecule has 0 fully saturated rings. The Morgan fingerprint density at radius 2 is 1.50 bits per heavy atom. The second-order valence-corrected chi connectivity index (χ2v) is 11.3. The van der Waals surface area contributed by atoms with Crippen molar-refractivity contribution < 1.29 is 14.6 Å². The van der Waals surface area contributed by atoms with Gasteiger partial charge in [0.05, 0.1) is 11.9 Å². The van der Waals surface area contributed by atoms with Crippen molar-refractivity contribution in [3.63, 3.8) is 0 Å². The Hall–Kier alpha value is -5.69. The van der Waals surface area contributed by atoms with Gasteiger partial charge in [-0.15, -0.1) is 0 Å². The van der Waals surface area contributed by atoms with E-state index >= 15 is 0 Å². The van der Waals surface area contributed by atoms with Crippen LogP contribution in [0.2, 0.25) is 0 Å². The molecule has 2 heterocycles. The van der Waals surface area contributed by atoms with Crippen molar-refractivity contribution in [1.29, 1.82) is 0 Å². The van der Waals surface area contributed by atoms with E-state index < -0.39 is 12.0 Å². The molecule has 7 heteroatoms. The fourth-order valence-electron chi connectivity index (χ4n) is 6.45. The number of carboxylic acid groups (broad SMARTS) is 1. The van der Waals surface area contributed by atoms with E-state index in [1.54, 1.807) is 0 Å². The number of fused-ring (bicyclic) bond motifs is 3. The Morgan fingerprint density at radius 3 is 2.26 bits per heavy atom. The van der Waals surface area contributed by atoms with Gasteiger partial charge in [0, 0.05) is 23.1 Å². The lowest BCUT2D eigenvalue weighted by atomic mass is 9.95. The first kappa shape index (κ1) is 29.0. The predicted octanol–water partition coefficient (Wildman–Crippen LogP) is 8.15. The molecule has 0 spiro atoms. The van der Waals surface area contributed by atoms with Gasteiger partial charge in [0.25, 0.3) is 0 Å². The minimum Gasteiger partial charge on any atom is -0.491 e. The largest absolute Gasteiger partial charge is 0.491 e. The molecule has 1 atom stereocenters. The average molecular weight is 607 g/mol. The van der Waals surface area contributed by atoms with Gasteiger partial charge in [-0.25, -0.2) is 14.8 Å². The van der Waals surface area contributed by atoms with Gasteiger partial charge in [-0.05, 0) is 39.8 Å². The summed E-state index contributed by atoms with van der Waals surface area (Å²) in [6, 6.07) is 37.7. The van der Waals surface area contributed by atoms with Gasteiger partial charge >= 0.3 is 5.97 Å². The summed E-state index contributed by atoms with van der Waals surface area (Å²) in [4.78, 5) is 22.0. The Balaban J connectivity index is 1.35. The normalized spacial score (nSPS) is 12.0. The summed E-state index contributed by atoms with van der Waals surface area (Å²) in [5, 5.41) is 18.8. The van der Waals surface area contributed by atoms with Crippen LogP contribution in [-0.2, 0) is 24.2 Å². The molecule has 0 amide bonds. The van der Waals surface area contributed by atoms with Crippen molar-refractivity contribution in [2.45, 2.75) is 32.4 Å². The van der Waals surface area contributed by atoms with Crippen molar-refractivity contribution >= 4 is 44.4 Å². The highest BCUT2D eigenvalue weighted by molar-refractivity contribution is 6.09. The standard InChI is InChI=1S/C39H34N4O3/c1-2-33-35(31-20-10-16-27-14-6-8-18-29(27)31)36-37(42-32(39(44)45)24-26-12-4-3-5-13-26)40-25-41-38(36)43(33)22-23-46-34-21-11-17-28-15-7-9-19-30(28)34/h3-21,25,32H,2,22-24H2,1H3,(H,44,45)(H,40,41,42). The number of benzene rings is 5. The highest BCUT2D eigenvalue weighted by atomic mass is 16.5. The van der Waals surface area contributed by atoms with Crippen LogP contribution < -0.4 is 10.1 Å². The van der Waals surface area contributed by atoms with E-state index in [0.29, 0.717) is 25.4 Å². The van der Waals surface area contributed by atoms with Gasteiger partial charge in [0.1, 0.15) is 36.2 Å². The molecule has 1 unspecified atom stereocenters. The molecule has 5 aromatic carbocycles. The van der Waals surface area contributed by atoms with Gasteiger partial charge in [0.2, 0.25) is 0 Å². The van der Waals surface area contributed by atoms with Crippen LogP contribution in [0.4, 0.5) is 5.82 Å². The summed E-state index contributed by atoms with van der Waals surface area (Å²) >= 11 is 0. The summed E-state index contributed by atoms with van der Waals surface area (Å²) in [5.41, 5.74) is 4.82. The highest BCUT2D eigenvalue weighted by Gasteiger charge is 2.26. The van der Waals surface area contributed by atoms with E-state index in [2.05, 4.69) is 70.3 Å². The molecule has 7 rings (SSSR count). The number of aromatic nitrogens is 3. The molecule has 0 aliphatic rings. The molecule has 7 nitrogen and oxygen atoms in total. The van der Waals surface area contributed by atoms with Crippen LogP contribution in [0, 0.1) is 0 Å². The Kier molecular flexibility index (Phi) is 8.04. The van der Waals surface area contributed by atoms with E-state index in [4.69, 9.17) is 9.72 Å². The van der Waals surface area contributed by atoms with Crippen molar-refractivity contribution in [1.82, 2.24) is 14.5 Å². The van der Waals surface area contributed by atoms with Crippen LogP contribution in [0.25, 0.3) is 43.7 Å². The molecular formula is C39H34N4O3. The molecular weight excluding hydrogens is 572 g/mol. The first-order chi connectivity index (χ1) is 22.6. The molecule has 2 N–H and O–H groups in total. The Labute approximate surface area is 267 Å². The molecule has 46 heavy (non-hydrogen) atoms. The number of aliphatic carboxylic acids is 1. The SMILES string of the molecule is CCc1c(-c2cccc3ccccc23)c2c(NC(Cc3ccccc3)C(=O)O)ncnc2n1CCOc1cccc2ccccc12. The zero-order valence-corrected chi connectivity index (χ0v) is 25.6. The Bertz CT molecular complexity index is 2160. The summed E-state index contributed by atoms with van der Waals surface area (Å²) in [6.45, 7) is 3.12. The molecule has 0 aliphatic carbocycles. The zero-order chi connectivity index (χ0) is 31.5. The minimum atomic E-state index is -0.944. The van der Waals surface area contributed by atoms with E-state index in [9.17, 15) is 9.90 Å². The topological polar surface area (TPSA) is 89.3 Å². The molecule has 0 saturated heterocycles. The van der Waals surface area contributed by atoms with E-state index in [1.807, 2.05) is 66.7 Å². The van der Waals surface area contributed by atoms with Crippen molar-refractivity contribution in [3.8, 4) is 16.9 Å². The lowest BCUT2D eigenvalue weighted by Gasteiger charge is -2.17. The zero-order valence-electron chi connectivity index (χ0n) is 25.6. The summed E-state index contributed by atoms with van der Waals surface area (Å²) in [5.74, 6) is 0.393. The van der Waals surface area contributed by atoms with Crippen LogP contribution in [0.3, 0.4) is 0 Å². The number of carbonyl (C=O) groups is 1. The molecule has 7 aromatic rings. The number of anilines is 1.